The molecule has 0 spiro atoms. The fourth-order valence-electron chi connectivity index (χ4n) is 6.05. The second-order valence-electron chi connectivity index (χ2n) is 11.2. The van der Waals surface area contributed by atoms with Crippen molar-refractivity contribution in [3.63, 3.8) is 0 Å². The zero-order valence-electron chi connectivity index (χ0n) is 22.9. The Kier molecular flexibility index (Phi) is 6.34. The molecule has 3 aliphatic rings. The molecule has 3 aromatic carbocycles. The van der Waals surface area contributed by atoms with Crippen LogP contribution in [0.1, 0.15) is 72.4 Å². The minimum Gasteiger partial charge on any atom is -0.490 e. The van der Waals surface area contributed by atoms with Gasteiger partial charge in [0.15, 0.2) is 0 Å². The number of carbonyl (C=O) groups is 2. The van der Waals surface area contributed by atoms with Crippen molar-refractivity contribution < 1.29 is 14.3 Å². The van der Waals surface area contributed by atoms with Crippen LogP contribution in [0.3, 0.4) is 0 Å². The van der Waals surface area contributed by atoms with Gasteiger partial charge in [-0.3, -0.25) is 9.59 Å². The van der Waals surface area contributed by atoms with E-state index in [2.05, 4.69) is 64.1 Å². The van der Waals surface area contributed by atoms with Gasteiger partial charge in [0.1, 0.15) is 11.9 Å². The maximum Gasteiger partial charge on any atom is 0.266 e. The van der Waals surface area contributed by atoms with Gasteiger partial charge >= 0.3 is 0 Å². The predicted molar refractivity (Wildman–Crippen MR) is 159 cm³/mol. The average Bonchev–Trinajstić information content (AvgIpc) is 3.65. The number of carbonyl (C=O) groups excluding carboxylic acids is 2. The van der Waals surface area contributed by atoms with Crippen molar-refractivity contribution in [2.24, 2.45) is 11.8 Å². The maximum atomic E-state index is 14.2. The molecule has 0 atom stereocenters. The lowest BCUT2D eigenvalue weighted by Gasteiger charge is -2.31. The quantitative estimate of drug-likeness (QED) is 0.297. The molecule has 0 radical (unpaired) electrons. The van der Waals surface area contributed by atoms with E-state index in [-0.39, 0.29) is 17.9 Å². The highest BCUT2D eigenvalue weighted by atomic mass is 16.5. The maximum absolute atomic E-state index is 14.2. The van der Waals surface area contributed by atoms with Crippen LogP contribution in [-0.4, -0.2) is 17.9 Å². The molecule has 6 rings (SSSR count). The third-order valence-electron chi connectivity index (χ3n) is 7.86. The predicted octanol–water partition coefficient (Wildman–Crippen LogP) is 8.39. The van der Waals surface area contributed by atoms with Gasteiger partial charge in [-0.05, 0) is 77.1 Å². The summed E-state index contributed by atoms with van der Waals surface area (Å²) < 4.78 is 6.46. The van der Waals surface area contributed by atoms with E-state index in [1.165, 1.54) is 4.90 Å². The van der Waals surface area contributed by atoms with Gasteiger partial charge in [0, 0.05) is 16.5 Å². The molecule has 196 valence electrons. The number of allylic oxidation sites excluding steroid dienone is 8. The summed E-state index contributed by atoms with van der Waals surface area (Å²) in [5, 5.41) is 1.54. The van der Waals surface area contributed by atoms with Crippen molar-refractivity contribution in [2.75, 3.05) is 4.90 Å². The van der Waals surface area contributed by atoms with E-state index in [4.69, 9.17) is 4.74 Å². The number of ether oxygens (including phenoxy) is 1. The topological polar surface area (TPSA) is 46.6 Å². The van der Waals surface area contributed by atoms with Crippen LogP contribution >= 0.6 is 0 Å². The number of rotatable bonds is 7. The van der Waals surface area contributed by atoms with Gasteiger partial charge in [0.05, 0.1) is 11.3 Å². The Bertz CT molecular complexity index is 1630. The standard InChI is InChI=1S/C35H33NO3/c1-21(2)33(22(3)4)39-27-18-26-14-9-15-28-32(26)30(20-27)35(38)36(34(28)37)31-17-16-25(23-10-5-6-11-23)19-29(31)24-12-7-8-13-24/h5,7-12,14-22,33H,6,13H2,1-4H3. The lowest BCUT2D eigenvalue weighted by molar-refractivity contribution is 0.0890. The van der Waals surface area contributed by atoms with Crippen LogP contribution in [0.15, 0.2) is 85.0 Å². The van der Waals surface area contributed by atoms with Crippen LogP contribution in [0.2, 0.25) is 0 Å². The van der Waals surface area contributed by atoms with Crippen molar-refractivity contribution in [3.05, 3.63) is 107 Å². The fourth-order valence-corrected chi connectivity index (χ4v) is 6.05. The van der Waals surface area contributed by atoms with Crippen molar-refractivity contribution in [2.45, 2.75) is 46.6 Å². The summed E-state index contributed by atoms with van der Waals surface area (Å²) in [6.07, 6.45) is 14.3. The second kappa shape index (κ2) is 9.85. The molecule has 0 aromatic heterocycles. The Morgan fingerprint density at radius 2 is 1.64 bits per heavy atom. The summed E-state index contributed by atoms with van der Waals surface area (Å²) in [6.45, 7) is 8.59. The van der Waals surface area contributed by atoms with Crippen LogP contribution in [0.4, 0.5) is 5.69 Å². The molecule has 0 saturated carbocycles. The number of anilines is 1. The Hall–Kier alpha value is -4.18. The largest absolute Gasteiger partial charge is 0.490 e. The first-order valence-electron chi connectivity index (χ1n) is 13.8. The van der Waals surface area contributed by atoms with Crippen molar-refractivity contribution >= 4 is 39.4 Å². The molecular weight excluding hydrogens is 482 g/mol. The van der Waals surface area contributed by atoms with Gasteiger partial charge in [-0.2, -0.15) is 0 Å². The van der Waals surface area contributed by atoms with E-state index < -0.39 is 0 Å². The normalized spacial score (nSPS) is 16.3. The van der Waals surface area contributed by atoms with Crippen molar-refractivity contribution in [3.8, 4) is 5.75 Å². The highest BCUT2D eigenvalue weighted by Gasteiger charge is 2.36. The van der Waals surface area contributed by atoms with Gasteiger partial charge in [-0.25, -0.2) is 4.90 Å². The highest BCUT2D eigenvalue weighted by molar-refractivity contribution is 6.36. The summed E-state index contributed by atoms with van der Waals surface area (Å²) in [7, 11) is 0. The molecule has 0 unspecified atom stereocenters. The summed E-state index contributed by atoms with van der Waals surface area (Å²) in [6, 6.07) is 15.5. The van der Waals surface area contributed by atoms with E-state index in [0.717, 1.165) is 40.5 Å². The SMILES string of the molecule is CC(C)C(Oc1cc2c3c(cccc3c1)C(=O)N(c1ccc(C3=CCC=C3)cc1C1=CC=CC1)C2=O)C(C)C. The lowest BCUT2D eigenvalue weighted by Crippen LogP contribution is -2.41. The molecule has 3 aromatic rings. The van der Waals surface area contributed by atoms with Gasteiger partial charge in [0.2, 0.25) is 0 Å². The Labute approximate surface area is 230 Å². The number of nitrogens with zero attached hydrogens (tertiary/aromatic N) is 1. The van der Waals surface area contributed by atoms with Crippen molar-refractivity contribution in [1.29, 1.82) is 0 Å². The minimum atomic E-state index is -0.319. The Morgan fingerprint density at radius 1 is 0.846 bits per heavy atom. The van der Waals surface area contributed by atoms with E-state index in [9.17, 15) is 9.59 Å². The highest BCUT2D eigenvalue weighted by Crippen LogP contribution is 2.41. The third kappa shape index (κ3) is 4.34. The van der Waals surface area contributed by atoms with Crippen LogP contribution in [-0.2, 0) is 0 Å². The molecule has 0 N–H and O–H groups in total. The summed E-state index contributed by atoms with van der Waals surface area (Å²) >= 11 is 0. The van der Waals surface area contributed by atoms with Crippen LogP contribution in [0.5, 0.6) is 5.75 Å². The van der Waals surface area contributed by atoms with Gasteiger partial charge in [0.25, 0.3) is 11.8 Å². The minimum absolute atomic E-state index is 0.00847. The van der Waals surface area contributed by atoms with E-state index in [1.807, 2.05) is 48.5 Å². The van der Waals surface area contributed by atoms with Crippen molar-refractivity contribution in [1.82, 2.24) is 0 Å². The van der Waals surface area contributed by atoms with E-state index in [1.54, 1.807) is 0 Å². The molecule has 2 amide bonds. The summed E-state index contributed by atoms with van der Waals surface area (Å²) in [5.41, 5.74) is 5.89. The van der Waals surface area contributed by atoms with E-state index in [0.29, 0.717) is 39.8 Å². The first-order valence-corrected chi connectivity index (χ1v) is 13.8. The van der Waals surface area contributed by atoms with E-state index >= 15 is 0 Å². The number of amides is 2. The molecular formula is C35H33NO3. The molecule has 1 heterocycles. The fraction of sp³-hybridized carbons (Fsp3) is 0.257. The molecule has 1 aliphatic heterocycles. The molecule has 4 nitrogen and oxygen atoms in total. The second-order valence-corrected chi connectivity index (χ2v) is 11.2. The van der Waals surface area contributed by atoms with Crippen LogP contribution < -0.4 is 9.64 Å². The average molecular weight is 516 g/mol. The zero-order chi connectivity index (χ0) is 27.3. The molecule has 0 saturated heterocycles. The zero-order valence-corrected chi connectivity index (χ0v) is 22.9. The molecule has 2 aliphatic carbocycles. The smallest absolute Gasteiger partial charge is 0.266 e. The third-order valence-corrected chi connectivity index (χ3v) is 7.86. The number of hydrogen-bond donors (Lipinski definition) is 0. The molecule has 0 bridgehead atoms. The number of hydrogen-bond acceptors (Lipinski definition) is 3. The van der Waals surface area contributed by atoms with Crippen LogP contribution in [0, 0.1) is 11.8 Å². The first-order chi connectivity index (χ1) is 18.8. The number of imide groups is 1. The Morgan fingerprint density at radius 3 is 2.33 bits per heavy atom. The monoisotopic (exact) mass is 515 g/mol. The van der Waals surface area contributed by atoms with Gasteiger partial charge in [-0.15, -0.1) is 0 Å². The summed E-state index contributed by atoms with van der Waals surface area (Å²) in [5.74, 6) is 0.672. The summed E-state index contributed by atoms with van der Waals surface area (Å²) in [4.78, 5) is 29.6. The van der Waals surface area contributed by atoms with Crippen LogP contribution in [0.25, 0.3) is 21.9 Å². The van der Waals surface area contributed by atoms with Gasteiger partial charge in [-0.1, -0.05) is 82.4 Å². The first kappa shape index (κ1) is 25.1. The van der Waals surface area contributed by atoms with Gasteiger partial charge < -0.3 is 4.74 Å². The Balaban J connectivity index is 1.49. The molecule has 4 heteroatoms. The molecule has 39 heavy (non-hydrogen) atoms. The lowest BCUT2D eigenvalue weighted by atomic mass is 9.91. The molecule has 0 fully saturated rings. The number of benzene rings is 3.